The second-order valence-electron chi connectivity index (χ2n) is 8.67. The van der Waals surface area contributed by atoms with Crippen LogP contribution >= 0.6 is 0 Å². The lowest BCUT2D eigenvalue weighted by Crippen LogP contribution is -2.36. The zero-order valence-corrected chi connectivity index (χ0v) is 17.0. The van der Waals surface area contributed by atoms with E-state index in [2.05, 4.69) is 31.4 Å². The molecular formula is C24H30N2O2. The molecule has 0 spiro atoms. The van der Waals surface area contributed by atoms with E-state index in [0.29, 0.717) is 16.8 Å². The van der Waals surface area contributed by atoms with Crippen molar-refractivity contribution in [2.75, 3.05) is 5.32 Å². The van der Waals surface area contributed by atoms with Crippen LogP contribution in [0.3, 0.4) is 0 Å². The monoisotopic (exact) mass is 378 g/mol. The number of rotatable bonds is 4. The van der Waals surface area contributed by atoms with E-state index in [0.717, 1.165) is 12.8 Å². The van der Waals surface area contributed by atoms with Crippen LogP contribution in [-0.2, 0) is 5.41 Å². The van der Waals surface area contributed by atoms with Crippen LogP contribution < -0.4 is 10.6 Å². The van der Waals surface area contributed by atoms with Crippen molar-refractivity contribution in [2.45, 2.75) is 64.3 Å². The van der Waals surface area contributed by atoms with Crippen LogP contribution in [-0.4, -0.2) is 17.9 Å². The fourth-order valence-corrected chi connectivity index (χ4v) is 3.55. The highest BCUT2D eigenvalue weighted by Gasteiger charge is 2.17. The van der Waals surface area contributed by atoms with E-state index in [4.69, 9.17) is 0 Å². The highest BCUT2D eigenvalue weighted by Crippen LogP contribution is 2.22. The Labute approximate surface area is 167 Å². The summed E-state index contributed by atoms with van der Waals surface area (Å²) in [6.45, 7) is 6.44. The highest BCUT2D eigenvalue weighted by molar-refractivity contribution is 6.04. The molecule has 3 rings (SSSR count). The summed E-state index contributed by atoms with van der Waals surface area (Å²) in [5.74, 6) is -0.192. The maximum absolute atomic E-state index is 12.5. The summed E-state index contributed by atoms with van der Waals surface area (Å²) in [5, 5.41) is 6.01. The average Bonchev–Trinajstić information content (AvgIpc) is 2.68. The molecule has 28 heavy (non-hydrogen) atoms. The summed E-state index contributed by atoms with van der Waals surface area (Å²) in [4.78, 5) is 24.8. The number of nitrogens with one attached hydrogen (secondary N) is 2. The molecule has 0 atom stereocenters. The largest absolute Gasteiger partial charge is 0.349 e. The molecule has 148 valence electrons. The van der Waals surface area contributed by atoms with Gasteiger partial charge in [-0.25, -0.2) is 0 Å². The molecule has 0 saturated heterocycles. The van der Waals surface area contributed by atoms with Crippen LogP contribution in [0, 0.1) is 0 Å². The van der Waals surface area contributed by atoms with Crippen LogP contribution in [0.15, 0.2) is 48.5 Å². The molecule has 0 aliphatic heterocycles. The van der Waals surface area contributed by atoms with E-state index in [-0.39, 0.29) is 23.3 Å². The minimum absolute atomic E-state index is 0.0393. The minimum Gasteiger partial charge on any atom is -0.349 e. The summed E-state index contributed by atoms with van der Waals surface area (Å²) in [5.41, 5.74) is 3.17. The maximum Gasteiger partial charge on any atom is 0.255 e. The smallest absolute Gasteiger partial charge is 0.255 e. The van der Waals surface area contributed by atoms with Gasteiger partial charge in [0.2, 0.25) is 0 Å². The van der Waals surface area contributed by atoms with Gasteiger partial charge >= 0.3 is 0 Å². The normalized spacial score (nSPS) is 15.1. The average molecular weight is 379 g/mol. The lowest BCUT2D eigenvalue weighted by Gasteiger charge is -2.22. The van der Waals surface area contributed by atoms with Gasteiger partial charge in [-0.3, -0.25) is 9.59 Å². The predicted octanol–water partition coefficient (Wildman–Crippen LogP) is 5.30. The molecule has 2 aromatic rings. The Morgan fingerprint density at radius 3 is 1.89 bits per heavy atom. The Hall–Kier alpha value is -2.62. The molecule has 0 unspecified atom stereocenters. The van der Waals surface area contributed by atoms with Gasteiger partial charge in [0, 0.05) is 22.9 Å². The van der Waals surface area contributed by atoms with Crippen molar-refractivity contribution in [3.05, 3.63) is 65.2 Å². The fourth-order valence-electron chi connectivity index (χ4n) is 3.55. The van der Waals surface area contributed by atoms with Gasteiger partial charge in [-0.2, -0.15) is 0 Å². The Balaban J connectivity index is 1.58. The number of hydrogen-bond acceptors (Lipinski definition) is 2. The van der Waals surface area contributed by atoms with Gasteiger partial charge in [-0.05, 0) is 60.2 Å². The van der Waals surface area contributed by atoms with Crippen molar-refractivity contribution in [3.63, 3.8) is 0 Å². The number of anilines is 1. The molecule has 2 amide bonds. The first-order chi connectivity index (χ1) is 13.3. The van der Waals surface area contributed by atoms with Crippen molar-refractivity contribution in [1.82, 2.24) is 5.32 Å². The number of hydrogen-bond donors (Lipinski definition) is 2. The molecule has 1 saturated carbocycles. The SMILES string of the molecule is CC(C)(C)c1ccc(C(=O)Nc2ccc(C(=O)NC3CCCCC3)cc2)cc1. The van der Waals surface area contributed by atoms with Gasteiger partial charge in [0.1, 0.15) is 0 Å². The number of carbonyl (C=O) groups excluding carboxylic acids is 2. The topological polar surface area (TPSA) is 58.2 Å². The van der Waals surface area contributed by atoms with Gasteiger partial charge < -0.3 is 10.6 Å². The third kappa shape index (κ3) is 5.22. The van der Waals surface area contributed by atoms with Crippen LogP contribution in [0.5, 0.6) is 0 Å². The van der Waals surface area contributed by atoms with Crippen LogP contribution in [0.25, 0.3) is 0 Å². The molecule has 0 heterocycles. The van der Waals surface area contributed by atoms with E-state index in [1.807, 2.05) is 24.3 Å². The van der Waals surface area contributed by atoms with Crippen molar-refractivity contribution < 1.29 is 9.59 Å². The molecule has 1 fully saturated rings. The fraction of sp³-hybridized carbons (Fsp3) is 0.417. The standard InChI is InChI=1S/C24H30N2O2/c1-24(2,3)19-13-9-17(10-14-19)22(27)26-21-15-11-18(12-16-21)23(28)25-20-7-5-4-6-8-20/h9-16,20H,4-8H2,1-3H3,(H,25,28)(H,26,27). The summed E-state index contributed by atoms with van der Waals surface area (Å²) in [6.07, 6.45) is 5.76. The van der Waals surface area contributed by atoms with E-state index in [1.54, 1.807) is 24.3 Å². The lowest BCUT2D eigenvalue weighted by molar-refractivity contribution is 0.0927. The molecule has 2 N–H and O–H groups in total. The molecule has 1 aliphatic carbocycles. The van der Waals surface area contributed by atoms with Crippen molar-refractivity contribution >= 4 is 17.5 Å². The zero-order chi connectivity index (χ0) is 20.1. The number of benzene rings is 2. The molecule has 1 aliphatic rings. The first-order valence-electron chi connectivity index (χ1n) is 10.2. The lowest BCUT2D eigenvalue weighted by atomic mass is 9.87. The molecule has 2 aromatic carbocycles. The summed E-state index contributed by atoms with van der Waals surface area (Å²) in [7, 11) is 0. The molecule has 0 aromatic heterocycles. The van der Waals surface area contributed by atoms with Crippen molar-refractivity contribution in [1.29, 1.82) is 0 Å². The first-order valence-corrected chi connectivity index (χ1v) is 10.2. The summed E-state index contributed by atoms with van der Waals surface area (Å²) in [6, 6.07) is 15.0. The minimum atomic E-state index is -0.153. The number of amides is 2. The first kappa shape index (κ1) is 20.1. The summed E-state index contributed by atoms with van der Waals surface area (Å²) >= 11 is 0. The Morgan fingerprint density at radius 1 is 0.786 bits per heavy atom. The molecule has 0 bridgehead atoms. The second kappa shape index (κ2) is 8.59. The van der Waals surface area contributed by atoms with Gasteiger partial charge in [-0.1, -0.05) is 52.2 Å². The van der Waals surface area contributed by atoms with Crippen LogP contribution in [0.2, 0.25) is 0 Å². The van der Waals surface area contributed by atoms with Gasteiger partial charge in [0.15, 0.2) is 0 Å². The Kier molecular flexibility index (Phi) is 6.18. The van der Waals surface area contributed by atoms with Crippen molar-refractivity contribution in [3.8, 4) is 0 Å². The van der Waals surface area contributed by atoms with Crippen LogP contribution in [0.4, 0.5) is 5.69 Å². The van der Waals surface area contributed by atoms with Gasteiger partial charge in [-0.15, -0.1) is 0 Å². The Bertz CT molecular complexity index is 811. The third-order valence-electron chi connectivity index (χ3n) is 5.36. The third-order valence-corrected chi connectivity index (χ3v) is 5.36. The second-order valence-corrected chi connectivity index (χ2v) is 8.67. The molecule has 4 heteroatoms. The van der Waals surface area contributed by atoms with E-state index < -0.39 is 0 Å². The predicted molar refractivity (Wildman–Crippen MR) is 114 cm³/mol. The number of carbonyl (C=O) groups is 2. The van der Waals surface area contributed by atoms with E-state index in [9.17, 15) is 9.59 Å². The van der Waals surface area contributed by atoms with Gasteiger partial charge in [0.05, 0.1) is 0 Å². The maximum atomic E-state index is 12.5. The quantitative estimate of drug-likeness (QED) is 0.758. The van der Waals surface area contributed by atoms with E-state index >= 15 is 0 Å². The highest BCUT2D eigenvalue weighted by atomic mass is 16.2. The van der Waals surface area contributed by atoms with E-state index in [1.165, 1.54) is 24.8 Å². The van der Waals surface area contributed by atoms with Crippen LogP contribution in [0.1, 0.15) is 79.2 Å². The summed E-state index contributed by atoms with van der Waals surface area (Å²) < 4.78 is 0. The zero-order valence-electron chi connectivity index (χ0n) is 17.0. The molecule has 0 radical (unpaired) electrons. The van der Waals surface area contributed by atoms with Gasteiger partial charge in [0.25, 0.3) is 11.8 Å². The molecular weight excluding hydrogens is 348 g/mol. The van der Waals surface area contributed by atoms with Crippen molar-refractivity contribution in [2.24, 2.45) is 0 Å². The molecule has 4 nitrogen and oxygen atoms in total. The Morgan fingerprint density at radius 2 is 1.32 bits per heavy atom.